The number of amides is 1. The van der Waals surface area contributed by atoms with Crippen LogP contribution in [0.5, 0.6) is 0 Å². The van der Waals surface area contributed by atoms with Gasteiger partial charge >= 0.3 is 18.1 Å². The van der Waals surface area contributed by atoms with Crippen molar-refractivity contribution in [2.45, 2.75) is 31.3 Å². The molecule has 0 bridgehead atoms. The largest absolute Gasteiger partial charge is 0.480 e. The number of carbonyl (C=O) groups excluding carboxylic acids is 1. The fourth-order valence-electron chi connectivity index (χ4n) is 1.37. The van der Waals surface area contributed by atoms with Crippen molar-refractivity contribution in [3.05, 3.63) is 0 Å². The number of nitrogens with one attached hydrogen (secondary N) is 1. The van der Waals surface area contributed by atoms with E-state index in [-0.39, 0.29) is 12.8 Å². The number of carboxylic acids is 1. The number of halogens is 3. The molecule has 104 valence electrons. The molecule has 0 aliphatic carbocycles. The Labute approximate surface area is 100 Å². The summed E-state index contributed by atoms with van der Waals surface area (Å²) in [5.74, 6) is -3.81. The van der Waals surface area contributed by atoms with Gasteiger partial charge in [0.25, 0.3) is 0 Å². The van der Waals surface area contributed by atoms with Crippen molar-refractivity contribution >= 4 is 11.9 Å². The topological polar surface area (TPSA) is 84.9 Å². The minimum atomic E-state index is -5.10. The van der Waals surface area contributed by atoms with Crippen molar-refractivity contribution in [2.75, 3.05) is 13.2 Å². The average Bonchev–Trinajstić information content (AvgIpc) is 2.74. The molecule has 1 fully saturated rings. The van der Waals surface area contributed by atoms with Gasteiger partial charge in [-0.25, -0.2) is 4.79 Å². The standard InChI is InChI=1S/C9H12F3NO5/c10-9(11,12)8(16)13-5(7(14)15)1-2-6-17-3-4-18-6/h5-6H,1-4H2,(H,13,16)(H,14,15). The molecule has 2 N–H and O–H groups in total. The number of carboxylic acid groups (broad SMARTS) is 1. The highest BCUT2D eigenvalue weighted by Gasteiger charge is 2.40. The van der Waals surface area contributed by atoms with Gasteiger partial charge in [0, 0.05) is 6.42 Å². The van der Waals surface area contributed by atoms with Crippen molar-refractivity contribution in [1.29, 1.82) is 0 Å². The lowest BCUT2D eigenvalue weighted by Crippen LogP contribution is -2.47. The lowest BCUT2D eigenvalue weighted by molar-refractivity contribution is -0.175. The van der Waals surface area contributed by atoms with Crippen LogP contribution in [0.3, 0.4) is 0 Å². The number of aliphatic carboxylic acids is 1. The predicted octanol–water partition coefficient (Wildman–Crippen LogP) is 0.271. The zero-order chi connectivity index (χ0) is 13.8. The van der Waals surface area contributed by atoms with E-state index < -0.39 is 30.4 Å². The zero-order valence-electron chi connectivity index (χ0n) is 9.20. The van der Waals surface area contributed by atoms with E-state index in [2.05, 4.69) is 0 Å². The van der Waals surface area contributed by atoms with Gasteiger partial charge in [0.15, 0.2) is 6.29 Å². The number of rotatable bonds is 5. The normalized spacial score (nSPS) is 18.6. The van der Waals surface area contributed by atoms with Crippen molar-refractivity contribution < 1.29 is 37.3 Å². The van der Waals surface area contributed by atoms with Gasteiger partial charge in [-0.1, -0.05) is 0 Å². The first-order chi connectivity index (χ1) is 8.30. The monoisotopic (exact) mass is 271 g/mol. The van der Waals surface area contributed by atoms with E-state index in [4.69, 9.17) is 14.6 Å². The van der Waals surface area contributed by atoms with Crippen molar-refractivity contribution in [1.82, 2.24) is 5.32 Å². The van der Waals surface area contributed by atoms with Crippen LogP contribution < -0.4 is 5.32 Å². The molecular formula is C9H12F3NO5. The molecule has 1 amide bonds. The Hall–Kier alpha value is -1.35. The summed E-state index contributed by atoms with van der Waals surface area (Å²) in [4.78, 5) is 21.3. The van der Waals surface area contributed by atoms with Crippen LogP contribution in [0.25, 0.3) is 0 Å². The summed E-state index contributed by atoms with van der Waals surface area (Å²) in [7, 11) is 0. The maximum absolute atomic E-state index is 12.0. The minimum Gasteiger partial charge on any atom is -0.480 e. The maximum atomic E-state index is 12.0. The third-order valence-corrected chi connectivity index (χ3v) is 2.24. The summed E-state index contributed by atoms with van der Waals surface area (Å²) < 4.78 is 45.9. The molecule has 0 saturated carbocycles. The highest BCUT2D eigenvalue weighted by Crippen LogP contribution is 2.16. The van der Waals surface area contributed by atoms with Crippen LogP contribution in [0.2, 0.25) is 0 Å². The summed E-state index contributed by atoms with van der Waals surface area (Å²) in [6, 6.07) is -1.62. The highest BCUT2D eigenvalue weighted by atomic mass is 19.4. The van der Waals surface area contributed by atoms with E-state index in [1.807, 2.05) is 0 Å². The summed E-state index contributed by atoms with van der Waals surface area (Å²) in [5, 5.41) is 10.1. The van der Waals surface area contributed by atoms with Gasteiger partial charge in [0.2, 0.25) is 0 Å². The van der Waals surface area contributed by atoms with E-state index in [0.29, 0.717) is 13.2 Å². The van der Waals surface area contributed by atoms with Gasteiger partial charge < -0.3 is 19.9 Å². The predicted molar refractivity (Wildman–Crippen MR) is 50.5 cm³/mol. The Morgan fingerprint density at radius 3 is 2.33 bits per heavy atom. The lowest BCUT2D eigenvalue weighted by Gasteiger charge is -2.17. The molecule has 1 saturated heterocycles. The number of ether oxygens (including phenoxy) is 2. The minimum absolute atomic E-state index is 0.0924. The molecule has 1 rings (SSSR count). The van der Waals surface area contributed by atoms with Crippen molar-refractivity contribution in [3.8, 4) is 0 Å². The second kappa shape index (κ2) is 6.01. The van der Waals surface area contributed by atoms with Gasteiger partial charge in [-0.2, -0.15) is 13.2 Å². The second-order valence-electron chi connectivity index (χ2n) is 3.61. The molecule has 0 aromatic carbocycles. The summed E-state index contributed by atoms with van der Waals surface area (Å²) >= 11 is 0. The van der Waals surface area contributed by atoms with Crippen molar-refractivity contribution in [2.24, 2.45) is 0 Å². The molecule has 0 radical (unpaired) electrons. The SMILES string of the molecule is O=C(O)C(CCC1OCCO1)NC(=O)C(F)(F)F. The Kier molecular flexibility index (Phi) is 4.91. The Morgan fingerprint density at radius 1 is 1.33 bits per heavy atom. The highest BCUT2D eigenvalue weighted by molar-refractivity contribution is 5.86. The molecular weight excluding hydrogens is 259 g/mol. The first kappa shape index (κ1) is 14.7. The van der Waals surface area contributed by atoms with E-state index in [0.717, 1.165) is 0 Å². The van der Waals surface area contributed by atoms with Gasteiger partial charge in [-0.3, -0.25) is 4.79 Å². The summed E-state index contributed by atoms with van der Waals surface area (Å²) in [5.41, 5.74) is 0. The molecule has 1 aliphatic rings. The molecule has 1 unspecified atom stereocenters. The first-order valence-electron chi connectivity index (χ1n) is 5.14. The molecule has 1 heterocycles. The van der Waals surface area contributed by atoms with Gasteiger partial charge in [-0.05, 0) is 6.42 Å². The number of hydrogen-bond donors (Lipinski definition) is 2. The second-order valence-corrected chi connectivity index (χ2v) is 3.61. The van der Waals surface area contributed by atoms with Gasteiger partial charge in [-0.15, -0.1) is 0 Å². The number of carbonyl (C=O) groups is 2. The lowest BCUT2D eigenvalue weighted by atomic mass is 10.1. The van der Waals surface area contributed by atoms with Crippen LogP contribution in [-0.4, -0.2) is 48.7 Å². The fraction of sp³-hybridized carbons (Fsp3) is 0.778. The zero-order valence-corrected chi connectivity index (χ0v) is 9.20. The van der Waals surface area contributed by atoms with Crippen molar-refractivity contribution in [3.63, 3.8) is 0 Å². The van der Waals surface area contributed by atoms with Gasteiger partial charge in [0.1, 0.15) is 6.04 Å². The van der Waals surface area contributed by atoms with Gasteiger partial charge in [0.05, 0.1) is 13.2 Å². The maximum Gasteiger partial charge on any atom is 0.471 e. The molecule has 0 aromatic rings. The van der Waals surface area contributed by atoms with Crippen LogP contribution in [0.15, 0.2) is 0 Å². The number of hydrogen-bond acceptors (Lipinski definition) is 4. The Morgan fingerprint density at radius 2 is 1.89 bits per heavy atom. The van der Waals surface area contributed by atoms with Crippen LogP contribution in [0.4, 0.5) is 13.2 Å². The third-order valence-electron chi connectivity index (χ3n) is 2.24. The van der Waals surface area contributed by atoms with E-state index in [9.17, 15) is 22.8 Å². The van der Waals surface area contributed by atoms with E-state index in [1.165, 1.54) is 5.32 Å². The quantitative estimate of drug-likeness (QED) is 0.749. The molecule has 1 atom stereocenters. The smallest absolute Gasteiger partial charge is 0.471 e. The molecule has 9 heteroatoms. The Balaban J connectivity index is 2.44. The molecule has 1 aliphatic heterocycles. The molecule has 0 aromatic heterocycles. The van der Waals surface area contributed by atoms with Crippen LogP contribution in [0, 0.1) is 0 Å². The summed E-state index contributed by atoms with van der Waals surface area (Å²) in [6.07, 6.45) is -5.85. The first-order valence-corrected chi connectivity index (χ1v) is 5.14. The van der Waals surface area contributed by atoms with Crippen LogP contribution >= 0.6 is 0 Å². The molecule has 6 nitrogen and oxygen atoms in total. The third kappa shape index (κ3) is 4.49. The van der Waals surface area contributed by atoms with Crippen LogP contribution in [-0.2, 0) is 19.1 Å². The Bertz CT molecular complexity index is 314. The molecule has 0 spiro atoms. The van der Waals surface area contributed by atoms with E-state index >= 15 is 0 Å². The van der Waals surface area contributed by atoms with E-state index in [1.54, 1.807) is 0 Å². The average molecular weight is 271 g/mol. The van der Waals surface area contributed by atoms with Crippen LogP contribution in [0.1, 0.15) is 12.8 Å². The number of alkyl halides is 3. The molecule has 18 heavy (non-hydrogen) atoms. The summed E-state index contributed by atoms with van der Waals surface area (Å²) in [6.45, 7) is 0.717. The fourth-order valence-corrected chi connectivity index (χ4v) is 1.37.